The van der Waals surface area contributed by atoms with E-state index in [-0.39, 0.29) is 0 Å². The van der Waals surface area contributed by atoms with Crippen molar-refractivity contribution in [2.45, 2.75) is 32.9 Å². The summed E-state index contributed by atoms with van der Waals surface area (Å²) in [5.41, 5.74) is 4.74. The first-order chi connectivity index (χ1) is 11.0. The molecule has 0 radical (unpaired) electrons. The molecular formula is C19H24N4. The van der Waals surface area contributed by atoms with Crippen molar-refractivity contribution in [3.63, 3.8) is 0 Å². The normalized spacial score (nSPS) is 12.9. The van der Waals surface area contributed by atoms with Gasteiger partial charge in [-0.25, -0.2) is 0 Å². The number of fused-ring (bicyclic) bond motifs is 1. The zero-order valence-corrected chi connectivity index (χ0v) is 14.3. The Labute approximate surface area is 137 Å². The summed E-state index contributed by atoms with van der Waals surface area (Å²) in [5.74, 6) is 0. The van der Waals surface area contributed by atoms with Gasteiger partial charge in [0.05, 0.1) is 11.2 Å². The molecule has 0 aliphatic heterocycles. The summed E-state index contributed by atoms with van der Waals surface area (Å²) >= 11 is 0. The minimum absolute atomic E-state index is 0.415. The second kappa shape index (κ2) is 6.50. The fourth-order valence-corrected chi connectivity index (χ4v) is 2.95. The molecule has 1 unspecified atom stereocenters. The molecule has 0 aliphatic rings. The van der Waals surface area contributed by atoms with Crippen molar-refractivity contribution in [2.75, 3.05) is 7.05 Å². The topological polar surface area (TPSA) is 34.0 Å². The summed E-state index contributed by atoms with van der Waals surface area (Å²) < 4.78 is 2.00. The van der Waals surface area contributed by atoms with E-state index in [1.54, 1.807) is 0 Å². The minimum Gasteiger partial charge on any atom is -0.297 e. The molecular weight excluding hydrogens is 284 g/mol. The number of aromatic nitrogens is 3. The van der Waals surface area contributed by atoms with E-state index in [2.05, 4.69) is 60.1 Å². The van der Waals surface area contributed by atoms with Gasteiger partial charge < -0.3 is 0 Å². The molecule has 0 saturated carbocycles. The van der Waals surface area contributed by atoms with E-state index in [1.807, 2.05) is 30.1 Å². The van der Waals surface area contributed by atoms with Gasteiger partial charge in [-0.1, -0.05) is 18.2 Å². The summed E-state index contributed by atoms with van der Waals surface area (Å²) in [4.78, 5) is 6.85. The quantitative estimate of drug-likeness (QED) is 0.725. The molecule has 3 aromatic rings. The van der Waals surface area contributed by atoms with Gasteiger partial charge in [0.15, 0.2) is 0 Å². The van der Waals surface area contributed by atoms with E-state index in [0.717, 1.165) is 24.2 Å². The molecule has 120 valence electrons. The van der Waals surface area contributed by atoms with Crippen LogP contribution in [-0.4, -0.2) is 32.8 Å². The van der Waals surface area contributed by atoms with Crippen LogP contribution in [0.25, 0.3) is 10.9 Å². The molecule has 0 amide bonds. The number of pyridine rings is 1. The molecule has 2 aromatic heterocycles. The lowest BCUT2D eigenvalue weighted by molar-refractivity contribution is 0.241. The molecule has 4 nitrogen and oxygen atoms in total. The summed E-state index contributed by atoms with van der Waals surface area (Å²) in [6.07, 6.45) is 2.85. The van der Waals surface area contributed by atoms with Crippen LogP contribution in [0.3, 0.4) is 0 Å². The van der Waals surface area contributed by atoms with Crippen molar-refractivity contribution in [3.05, 3.63) is 59.5 Å². The van der Waals surface area contributed by atoms with Crippen molar-refractivity contribution < 1.29 is 0 Å². The molecule has 3 rings (SSSR count). The van der Waals surface area contributed by atoms with Gasteiger partial charge in [-0.05, 0) is 44.7 Å². The highest BCUT2D eigenvalue weighted by Crippen LogP contribution is 2.20. The monoisotopic (exact) mass is 308 g/mol. The molecule has 0 saturated heterocycles. The molecule has 0 fully saturated rings. The van der Waals surface area contributed by atoms with E-state index in [4.69, 9.17) is 0 Å². The highest BCUT2D eigenvalue weighted by Gasteiger charge is 2.15. The summed E-state index contributed by atoms with van der Waals surface area (Å²) in [6.45, 7) is 5.24. The third-order valence-electron chi connectivity index (χ3n) is 4.49. The Balaban J connectivity index is 1.75. The molecule has 0 spiro atoms. The summed E-state index contributed by atoms with van der Waals surface area (Å²) in [6, 6.07) is 13.0. The second-order valence-corrected chi connectivity index (χ2v) is 6.38. The van der Waals surface area contributed by atoms with E-state index in [1.165, 1.54) is 16.6 Å². The molecule has 0 N–H and O–H groups in total. The molecule has 0 bridgehead atoms. The highest BCUT2D eigenvalue weighted by molar-refractivity contribution is 5.81. The van der Waals surface area contributed by atoms with Gasteiger partial charge in [-0.2, -0.15) is 5.10 Å². The van der Waals surface area contributed by atoms with E-state index >= 15 is 0 Å². The Morgan fingerprint density at radius 2 is 2.00 bits per heavy atom. The maximum atomic E-state index is 4.60. The predicted octanol–water partition coefficient (Wildman–Crippen LogP) is 3.34. The summed E-state index contributed by atoms with van der Waals surface area (Å²) in [5, 5.41) is 5.84. The van der Waals surface area contributed by atoms with Gasteiger partial charge in [0.2, 0.25) is 0 Å². The third-order valence-corrected chi connectivity index (χ3v) is 4.49. The second-order valence-electron chi connectivity index (χ2n) is 6.38. The minimum atomic E-state index is 0.415. The third kappa shape index (κ3) is 3.42. The molecule has 2 heterocycles. The Kier molecular flexibility index (Phi) is 4.44. The fraction of sp³-hybridized carbons (Fsp3) is 0.368. The fourth-order valence-electron chi connectivity index (χ4n) is 2.95. The van der Waals surface area contributed by atoms with Crippen LogP contribution in [0.4, 0.5) is 0 Å². The molecule has 23 heavy (non-hydrogen) atoms. The van der Waals surface area contributed by atoms with Gasteiger partial charge in [0.1, 0.15) is 0 Å². The number of nitrogens with zero attached hydrogens (tertiary/aromatic N) is 4. The first-order valence-electron chi connectivity index (χ1n) is 8.07. The van der Waals surface area contributed by atoms with Gasteiger partial charge in [0.25, 0.3) is 0 Å². The van der Waals surface area contributed by atoms with Crippen LogP contribution in [0, 0.1) is 6.92 Å². The standard InChI is InChI=1S/C19H24N4/c1-14-9-10-20-16(11-14)12-15(2)22(3)13-19-17-7-5-6-8-18(17)21-23(19)4/h5-11,15H,12-13H2,1-4H3. The Morgan fingerprint density at radius 3 is 2.78 bits per heavy atom. The molecule has 0 aliphatic carbocycles. The Hall–Kier alpha value is -2.20. The van der Waals surface area contributed by atoms with Crippen LogP contribution >= 0.6 is 0 Å². The maximum Gasteiger partial charge on any atom is 0.0926 e. The SMILES string of the molecule is Cc1ccnc(CC(C)N(C)Cc2c3ccccc3nn2C)c1. The van der Waals surface area contributed by atoms with Crippen molar-refractivity contribution in [1.29, 1.82) is 0 Å². The van der Waals surface area contributed by atoms with Crippen LogP contribution in [0.15, 0.2) is 42.6 Å². The van der Waals surface area contributed by atoms with Gasteiger partial charge in [0, 0.05) is 43.3 Å². The van der Waals surface area contributed by atoms with Crippen molar-refractivity contribution >= 4 is 10.9 Å². The average Bonchev–Trinajstić information content (AvgIpc) is 2.83. The average molecular weight is 308 g/mol. The number of hydrogen-bond acceptors (Lipinski definition) is 3. The number of likely N-dealkylation sites (N-methyl/N-ethyl adjacent to an activating group) is 1. The lowest BCUT2D eigenvalue weighted by Crippen LogP contribution is -2.31. The van der Waals surface area contributed by atoms with Crippen LogP contribution in [0.2, 0.25) is 0 Å². The zero-order chi connectivity index (χ0) is 16.4. The van der Waals surface area contributed by atoms with Gasteiger partial charge in [-0.15, -0.1) is 0 Å². The first kappa shape index (κ1) is 15.7. The smallest absolute Gasteiger partial charge is 0.0926 e. The van der Waals surface area contributed by atoms with Crippen LogP contribution in [0.5, 0.6) is 0 Å². The van der Waals surface area contributed by atoms with Gasteiger partial charge >= 0.3 is 0 Å². The Bertz CT molecular complexity index is 806. The van der Waals surface area contributed by atoms with E-state index in [9.17, 15) is 0 Å². The number of rotatable bonds is 5. The first-order valence-corrected chi connectivity index (χ1v) is 8.07. The number of aryl methyl sites for hydroxylation is 2. The van der Waals surface area contributed by atoms with Crippen LogP contribution in [-0.2, 0) is 20.0 Å². The van der Waals surface area contributed by atoms with Crippen LogP contribution in [0.1, 0.15) is 23.9 Å². The number of hydrogen-bond donors (Lipinski definition) is 0. The lowest BCUT2D eigenvalue weighted by atomic mass is 10.1. The van der Waals surface area contributed by atoms with E-state index < -0.39 is 0 Å². The summed E-state index contributed by atoms with van der Waals surface area (Å²) in [7, 11) is 4.19. The predicted molar refractivity (Wildman–Crippen MR) is 94.3 cm³/mol. The molecule has 4 heteroatoms. The van der Waals surface area contributed by atoms with Crippen molar-refractivity contribution in [1.82, 2.24) is 19.7 Å². The van der Waals surface area contributed by atoms with Gasteiger partial charge in [-0.3, -0.25) is 14.6 Å². The van der Waals surface area contributed by atoms with Crippen molar-refractivity contribution in [3.8, 4) is 0 Å². The number of benzene rings is 1. The Morgan fingerprint density at radius 1 is 1.22 bits per heavy atom. The zero-order valence-electron chi connectivity index (χ0n) is 14.3. The van der Waals surface area contributed by atoms with Crippen LogP contribution < -0.4 is 0 Å². The molecule has 1 aromatic carbocycles. The highest BCUT2D eigenvalue weighted by atomic mass is 15.3. The maximum absolute atomic E-state index is 4.60. The van der Waals surface area contributed by atoms with Crippen molar-refractivity contribution in [2.24, 2.45) is 7.05 Å². The molecule has 1 atom stereocenters. The lowest BCUT2D eigenvalue weighted by Gasteiger charge is -2.24. The largest absolute Gasteiger partial charge is 0.297 e. The van der Waals surface area contributed by atoms with E-state index in [0.29, 0.717) is 6.04 Å².